The maximum Gasteiger partial charge on any atom is -0.0538 e. The van der Waals surface area contributed by atoms with Crippen LogP contribution in [0, 0.1) is 0 Å². The average Bonchev–Trinajstić information content (AvgIpc) is 2.74. The Morgan fingerprint density at radius 1 is 0.167 bits per heavy atom. The van der Waals surface area contributed by atoms with E-state index in [0.717, 1.165) is 0 Å². The molecule has 0 aromatic rings. The third-order valence-electron chi connectivity index (χ3n) is 4.24. The van der Waals surface area contributed by atoms with Crippen molar-refractivity contribution < 1.29 is 0 Å². The minimum atomic E-state index is 1.34. The minimum Gasteiger partial charge on any atom is -0.0654 e. The Bertz CT molecular complexity index is 91.6. The first-order valence-corrected chi connectivity index (χ1v) is 14.5. The summed E-state index contributed by atoms with van der Waals surface area (Å²) in [5.74, 6) is 0. The molecule has 0 radical (unpaired) electrons. The Hall–Kier alpha value is 0. The van der Waals surface area contributed by atoms with E-state index in [0.29, 0.717) is 0 Å². The lowest BCUT2D eigenvalue weighted by molar-refractivity contribution is 0.772. The Balaban J connectivity index is -0.0000000576. The molecule has 0 unspecified atom stereocenters. The molecule has 0 bridgehead atoms. The molecule has 0 aliphatic heterocycles. The molecule has 0 N–H and O–H groups in total. The average molecular weight is 433 g/mol. The molecule has 0 aliphatic rings. The van der Waals surface area contributed by atoms with Gasteiger partial charge in [0, 0.05) is 0 Å². The van der Waals surface area contributed by atoms with Crippen LogP contribution in [0.1, 0.15) is 199 Å². The highest BCUT2D eigenvalue weighted by atomic mass is 13.8. The van der Waals surface area contributed by atoms with Crippen molar-refractivity contribution in [2.75, 3.05) is 0 Å². The van der Waals surface area contributed by atoms with Crippen LogP contribution in [0.5, 0.6) is 0 Å². The fraction of sp³-hybridized carbons (Fsp3) is 1.00. The first-order valence-electron chi connectivity index (χ1n) is 14.5. The topological polar surface area (TPSA) is 0 Å². The smallest absolute Gasteiger partial charge is 0.0538 e. The summed E-state index contributed by atoms with van der Waals surface area (Å²) in [5.41, 5.74) is 0. The molecular weight excluding hydrogens is 360 g/mol. The van der Waals surface area contributed by atoms with E-state index < -0.39 is 0 Å². The van der Waals surface area contributed by atoms with E-state index in [9.17, 15) is 0 Å². The van der Waals surface area contributed by atoms with Crippen LogP contribution in [-0.4, -0.2) is 0 Å². The standard InChI is InChI=1S/6C5H12/c6*1-3-5-4-2/h6*3-5H2,1-2H3. The van der Waals surface area contributed by atoms with Gasteiger partial charge in [0.15, 0.2) is 0 Å². The Morgan fingerprint density at radius 3 is 0.233 bits per heavy atom. The van der Waals surface area contributed by atoms with Crippen molar-refractivity contribution in [3.8, 4) is 0 Å². The lowest BCUT2D eigenvalue weighted by Crippen LogP contribution is -1.59. The van der Waals surface area contributed by atoms with Gasteiger partial charge in [-0.1, -0.05) is 199 Å². The highest BCUT2D eigenvalue weighted by Crippen LogP contribution is 1.90. The van der Waals surface area contributed by atoms with Gasteiger partial charge in [0.25, 0.3) is 0 Å². The van der Waals surface area contributed by atoms with Gasteiger partial charge in [0.2, 0.25) is 0 Å². The van der Waals surface area contributed by atoms with Gasteiger partial charge in [0.05, 0.1) is 0 Å². The van der Waals surface area contributed by atoms with Crippen molar-refractivity contribution in [3.05, 3.63) is 0 Å². The van der Waals surface area contributed by atoms with Crippen LogP contribution in [0.2, 0.25) is 0 Å². The predicted molar refractivity (Wildman–Crippen MR) is 151 cm³/mol. The van der Waals surface area contributed by atoms with E-state index in [4.69, 9.17) is 0 Å². The second-order valence-corrected chi connectivity index (χ2v) is 8.12. The molecule has 0 nitrogen and oxygen atoms in total. The van der Waals surface area contributed by atoms with Crippen molar-refractivity contribution in [2.24, 2.45) is 0 Å². The lowest BCUT2D eigenvalue weighted by Gasteiger charge is -1.79. The molecule has 192 valence electrons. The summed E-state index contributed by atoms with van der Waals surface area (Å²) in [7, 11) is 0. The van der Waals surface area contributed by atoms with Crippen LogP contribution in [-0.2, 0) is 0 Å². The van der Waals surface area contributed by atoms with Crippen LogP contribution in [0.25, 0.3) is 0 Å². The highest BCUT2D eigenvalue weighted by molar-refractivity contribution is 4.26. The summed E-state index contributed by atoms with van der Waals surface area (Å²) in [6.07, 6.45) is 24.5. The first kappa shape index (κ1) is 43.8. The van der Waals surface area contributed by atoms with E-state index in [1.807, 2.05) is 0 Å². The molecule has 0 aromatic carbocycles. The molecule has 0 saturated heterocycles. The van der Waals surface area contributed by atoms with E-state index in [2.05, 4.69) is 83.1 Å². The van der Waals surface area contributed by atoms with Crippen molar-refractivity contribution in [1.29, 1.82) is 0 Å². The third kappa shape index (κ3) is 142. The Labute approximate surface area is 198 Å². The molecule has 0 rings (SSSR count). The highest BCUT2D eigenvalue weighted by Gasteiger charge is 1.70. The summed E-state index contributed by atoms with van der Waals surface area (Å²) in [4.78, 5) is 0. The maximum absolute atomic E-state index is 2.21. The summed E-state index contributed by atoms with van der Waals surface area (Å²) >= 11 is 0. The molecule has 0 heterocycles. The van der Waals surface area contributed by atoms with E-state index in [1.54, 1.807) is 0 Å². The van der Waals surface area contributed by atoms with Gasteiger partial charge in [0.1, 0.15) is 0 Å². The largest absolute Gasteiger partial charge is 0.0654 e. The summed E-state index contributed by atoms with van der Waals surface area (Å²) in [6, 6.07) is 0. The van der Waals surface area contributed by atoms with E-state index in [1.165, 1.54) is 116 Å². The van der Waals surface area contributed by atoms with E-state index in [-0.39, 0.29) is 0 Å². The molecule has 0 fully saturated rings. The minimum absolute atomic E-state index is 1.34. The molecule has 0 amide bonds. The number of hydrogen-bond donors (Lipinski definition) is 0. The predicted octanol–water partition coefficient (Wildman–Crippen LogP) is 13.2. The number of hydrogen-bond acceptors (Lipinski definition) is 0. The maximum atomic E-state index is 2.21. The second kappa shape index (κ2) is 70.2. The fourth-order valence-electron chi connectivity index (χ4n) is 2.12. The molecule has 0 atom stereocenters. The Morgan fingerprint density at radius 2 is 0.233 bits per heavy atom. The van der Waals surface area contributed by atoms with Gasteiger partial charge in [-0.15, -0.1) is 0 Å². The zero-order valence-corrected chi connectivity index (χ0v) is 24.7. The van der Waals surface area contributed by atoms with Crippen LogP contribution in [0.3, 0.4) is 0 Å². The second-order valence-electron chi connectivity index (χ2n) is 8.12. The molecular formula is C30H72. The van der Waals surface area contributed by atoms with Crippen molar-refractivity contribution in [3.63, 3.8) is 0 Å². The lowest BCUT2D eigenvalue weighted by atomic mass is 10.3. The summed E-state index contributed by atoms with van der Waals surface area (Å²) in [5, 5.41) is 0. The third-order valence-corrected chi connectivity index (χ3v) is 4.24. The molecule has 0 aromatic heterocycles. The summed E-state index contributed by atoms with van der Waals surface area (Å²) < 4.78 is 0. The van der Waals surface area contributed by atoms with Gasteiger partial charge in [-0.05, 0) is 0 Å². The SMILES string of the molecule is CCCCC.CCCCC.CCCCC.CCCCC.CCCCC.CCCCC. The first-order chi connectivity index (χ1) is 14.5. The van der Waals surface area contributed by atoms with Crippen LogP contribution >= 0.6 is 0 Å². The van der Waals surface area contributed by atoms with Gasteiger partial charge < -0.3 is 0 Å². The molecule has 0 spiro atoms. The molecule has 0 heteroatoms. The van der Waals surface area contributed by atoms with Gasteiger partial charge in [-0.3, -0.25) is 0 Å². The van der Waals surface area contributed by atoms with Gasteiger partial charge in [-0.2, -0.15) is 0 Å². The molecule has 30 heavy (non-hydrogen) atoms. The van der Waals surface area contributed by atoms with Crippen molar-refractivity contribution in [1.82, 2.24) is 0 Å². The molecule has 0 saturated carbocycles. The number of rotatable bonds is 12. The quantitative estimate of drug-likeness (QED) is 0.287. The monoisotopic (exact) mass is 433 g/mol. The van der Waals surface area contributed by atoms with Crippen LogP contribution < -0.4 is 0 Å². The van der Waals surface area contributed by atoms with Gasteiger partial charge >= 0.3 is 0 Å². The van der Waals surface area contributed by atoms with E-state index >= 15 is 0 Å². The van der Waals surface area contributed by atoms with Gasteiger partial charge in [-0.25, -0.2) is 0 Å². The van der Waals surface area contributed by atoms with Crippen LogP contribution in [0.4, 0.5) is 0 Å². The molecule has 0 aliphatic carbocycles. The zero-order chi connectivity index (χ0) is 24.7. The normalized spacial score (nSPS) is 8.40. The van der Waals surface area contributed by atoms with Crippen molar-refractivity contribution in [2.45, 2.75) is 199 Å². The zero-order valence-electron chi connectivity index (χ0n) is 24.7. The Kier molecular flexibility index (Phi) is 102. The summed E-state index contributed by atoms with van der Waals surface area (Å²) in [6.45, 7) is 26.5. The number of unbranched alkanes of at least 4 members (excludes halogenated alkanes) is 12. The fourth-order valence-corrected chi connectivity index (χ4v) is 2.12. The van der Waals surface area contributed by atoms with Crippen molar-refractivity contribution >= 4 is 0 Å². The van der Waals surface area contributed by atoms with Crippen LogP contribution in [0.15, 0.2) is 0 Å².